The Kier molecular flexibility index (Phi) is 1.82. The lowest BCUT2D eigenvalue weighted by molar-refractivity contribution is 0.368. The summed E-state index contributed by atoms with van der Waals surface area (Å²) in [4.78, 5) is 0.575. The van der Waals surface area contributed by atoms with Crippen molar-refractivity contribution < 1.29 is 0 Å². The minimum atomic E-state index is 0.531. The summed E-state index contributed by atoms with van der Waals surface area (Å²) in [5, 5.41) is 0. The van der Waals surface area contributed by atoms with Gasteiger partial charge in [-0.25, -0.2) is 0 Å². The molecule has 0 aliphatic heterocycles. The van der Waals surface area contributed by atoms with E-state index < -0.39 is 0 Å². The third-order valence-corrected chi connectivity index (χ3v) is 2.03. The van der Waals surface area contributed by atoms with E-state index in [1.807, 2.05) is 0 Å². The number of rotatable bonds is 1. The van der Waals surface area contributed by atoms with Gasteiger partial charge in [-0.1, -0.05) is 29.6 Å². The third kappa shape index (κ3) is 1.23. The first kappa shape index (κ1) is 5.71. The van der Waals surface area contributed by atoms with E-state index in [4.69, 9.17) is 23.2 Å². The molecule has 0 aromatic rings. The molecule has 0 atom stereocenters. The van der Waals surface area contributed by atoms with Gasteiger partial charge < -0.3 is 0 Å². The van der Waals surface area contributed by atoms with Crippen molar-refractivity contribution in [3.63, 3.8) is 0 Å². The molecule has 0 amide bonds. The number of hydrogen-bond donors (Lipinski definition) is 0. The van der Waals surface area contributed by atoms with Crippen molar-refractivity contribution in [1.82, 2.24) is 0 Å². The standard InChI is InChI=1S/C5H7Cl2/c6-5(7)4-2-1-3-4/h4H,1-3H2. The molecule has 1 saturated carbocycles. The maximum atomic E-state index is 5.46. The Morgan fingerprint density at radius 1 is 1.29 bits per heavy atom. The smallest absolute Gasteiger partial charge is 0.0980 e. The van der Waals surface area contributed by atoms with Gasteiger partial charge in [0, 0.05) is 0 Å². The van der Waals surface area contributed by atoms with Crippen LogP contribution in [-0.4, -0.2) is 0 Å². The first-order valence-corrected chi connectivity index (χ1v) is 3.24. The summed E-state index contributed by atoms with van der Waals surface area (Å²) in [6.07, 6.45) is 3.69. The van der Waals surface area contributed by atoms with E-state index in [1.165, 1.54) is 19.3 Å². The first-order chi connectivity index (χ1) is 3.30. The monoisotopic (exact) mass is 137 g/mol. The van der Waals surface area contributed by atoms with Gasteiger partial charge >= 0.3 is 0 Å². The van der Waals surface area contributed by atoms with Crippen molar-refractivity contribution in [3.8, 4) is 0 Å². The highest BCUT2D eigenvalue weighted by molar-refractivity contribution is 6.52. The molecule has 0 bridgehead atoms. The fraction of sp³-hybridized carbons (Fsp3) is 0.800. The van der Waals surface area contributed by atoms with Gasteiger partial charge in [-0.2, -0.15) is 0 Å². The summed E-state index contributed by atoms with van der Waals surface area (Å²) in [6, 6.07) is 0. The van der Waals surface area contributed by atoms with E-state index in [-0.39, 0.29) is 0 Å². The van der Waals surface area contributed by atoms with Gasteiger partial charge in [0.25, 0.3) is 0 Å². The Labute approximate surface area is 53.8 Å². The molecular formula is C5H7Cl2. The average Bonchev–Trinajstić information content (AvgIpc) is 1.23. The normalized spacial score (nSPS) is 22.7. The Bertz CT molecular complexity index is 57.1. The van der Waals surface area contributed by atoms with Crippen LogP contribution in [0.15, 0.2) is 0 Å². The first-order valence-electron chi connectivity index (χ1n) is 2.48. The maximum Gasteiger partial charge on any atom is 0.154 e. The molecule has 0 heterocycles. The fourth-order valence-corrected chi connectivity index (χ4v) is 1.06. The molecule has 0 aromatic carbocycles. The molecule has 0 saturated heterocycles. The van der Waals surface area contributed by atoms with Gasteiger partial charge in [-0.3, -0.25) is 0 Å². The lowest BCUT2D eigenvalue weighted by atomic mass is 9.87. The number of halogens is 2. The molecule has 1 aliphatic rings. The van der Waals surface area contributed by atoms with Gasteiger partial charge in [-0.05, 0) is 18.8 Å². The highest BCUT2D eigenvalue weighted by Crippen LogP contribution is 2.39. The molecule has 0 nitrogen and oxygen atoms in total. The zero-order valence-corrected chi connectivity index (χ0v) is 5.47. The summed E-state index contributed by atoms with van der Waals surface area (Å²) in [6.45, 7) is 0. The van der Waals surface area contributed by atoms with Crippen LogP contribution in [0.25, 0.3) is 0 Å². The zero-order valence-electron chi connectivity index (χ0n) is 3.95. The van der Waals surface area contributed by atoms with E-state index in [1.54, 1.807) is 0 Å². The Morgan fingerprint density at radius 2 is 1.86 bits per heavy atom. The summed E-state index contributed by atoms with van der Waals surface area (Å²) in [7, 11) is 0. The van der Waals surface area contributed by atoms with E-state index in [2.05, 4.69) is 0 Å². The fourth-order valence-electron chi connectivity index (χ4n) is 0.626. The minimum Gasteiger partial charge on any atom is -0.0980 e. The van der Waals surface area contributed by atoms with Crippen molar-refractivity contribution in [1.29, 1.82) is 0 Å². The molecule has 1 radical (unpaired) electrons. The summed E-state index contributed by atoms with van der Waals surface area (Å²) in [5.74, 6) is 0.531. The number of hydrogen-bond acceptors (Lipinski definition) is 0. The van der Waals surface area contributed by atoms with Gasteiger partial charge in [0.05, 0.1) is 0 Å². The molecule has 0 aromatic heterocycles. The SMILES string of the molecule is Cl[C](Cl)C1CCC1. The van der Waals surface area contributed by atoms with Gasteiger partial charge in [-0.15, -0.1) is 0 Å². The molecule has 1 rings (SSSR count). The van der Waals surface area contributed by atoms with Crippen LogP contribution in [0.5, 0.6) is 0 Å². The van der Waals surface area contributed by atoms with Crippen LogP contribution in [0.2, 0.25) is 0 Å². The second kappa shape index (κ2) is 2.23. The molecule has 1 aliphatic carbocycles. The van der Waals surface area contributed by atoms with Crippen molar-refractivity contribution in [2.75, 3.05) is 0 Å². The zero-order chi connectivity index (χ0) is 5.28. The molecule has 0 spiro atoms. The molecule has 41 valence electrons. The second-order valence-corrected chi connectivity index (χ2v) is 2.93. The molecule has 1 fully saturated rings. The van der Waals surface area contributed by atoms with Gasteiger partial charge in [0.1, 0.15) is 0 Å². The highest BCUT2D eigenvalue weighted by atomic mass is 35.5. The topological polar surface area (TPSA) is 0 Å². The lowest BCUT2D eigenvalue weighted by Crippen LogP contribution is -2.12. The van der Waals surface area contributed by atoms with Crippen LogP contribution >= 0.6 is 23.2 Å². The summed E-state index contributed by atoms with van der Waals surface area (Å²) >= 11 is 10.9. The van der Waals surface area contributed by atoms with Crippen molar-refractivity contribution in [3.05, 3.63) is 4.84 Å². The van der Waals surface area contributed by atoms with Crippen LogP contribution in [0, 0.1) is 10.8 Å². The van der Waals surface area contributed by atoms with Crippen LogP contribution in [0.1, 0.15) is 19.3 Å². The highest BCUT2D eigenvalue weighted by Gasteiger charge is 2.24. The average molecular weight is 138 g/mol. The minimum absolute atomic E-state index is 0.531. The summed E-state index contributed by atoms with van der Waals surface area (Å²) in [5.41, 5.74) is 0. The van der Waals surface area contributed by atoms with E-state index in [9.17, 15) is 0 Å². The maximum absolute atomic E-state index is 5.46. The molecular weight excluding hydrogens is 131 g/mol. The third-order valence-electron chi connectivity index (χ3n) is 1.41. The lowest BCUT2D eigenvalue weighted by Gasteiger charge is -2.24. The van der Waals surface area contributed by atoms with E-state index >= 15 is 0 Å². The summed E-state index contributed by atoms with van der Waals surface area (Å²) < 4.78 is 0. The van der Waals surface area contributed by atoms with Crippen molar-refractivity contribution in [2.45, 2.75) is 19.3 Å². The quantitative estimate of drug-likeness (QED) is 0.522. The van der Waals surface area contributed by atoms with Crippen LogP contribution in [-0.2, 0) is 0 Å². The predicted molar refractivity (Wildman–Crippen MR) is 32.3 cm³/mol. The Balaban J connectivity index is 2.14. The van der Waals surface area contributed by atoms with Crippen LogP contribution in [0.3, 0.4) is 0 Å². The molecule has 0 N–H and O–H groups in total. The largest absolute Gasteiger partial charge is 0.154 e. The van der Waals surface area contributed by atoms with Gasteiger partial charge in [0.2, 0.25) is 0 Å². The molecule has 7 heavy (non-hydrogen) atoms. The Hall–Kier alpha value is 0.580. The van der Waals surface area contributed by atoms with Crippen molar-refractivity contribution in [2.24, 2.45) is 5.92 Å². The van der Waals surface area contributed by atoms with Gasteiger partial charge in [0.15, 0.2) is 4.84 Å². The predicted octanol–water partition coefficient (Wildman–Crippen LogP) is 2.75. The van der Waals surface area contributed by atoms with Crippen LogP contribution in [0.4, 0.5) is 0 Å². The van der Waals surface area contributed by atoms with E-state index in [0.29, 0.717) is 10.8 Å². The van der Waals surface area contributed by atoms with Crippen molar-refractivity contribution >= 4 is 23.2 Å². The van der Waals surface area contributed by atoms with E-state index in [0.717, 1.165) is 0 Å². The molecule has 0 unspecified atom stereocenters. The molecule has 2 heteroatoms. The Morgan fingerprint density at radius 3 is 1.86 bits per heavy atom. The second-order valence-electron chi connectivity index (χ2n) is 1.92. The van der Waals surface area contributed by atoms with Crippen LogP contribution < -0.4 is 0 Å².